The van der Waals surface area contributed by atoms with Gasteiger partial charge in [0.1, 0.15) is 22.6 Å². The smallest absolute Gasteiger partial charge is 0.200 e. The van der Waals surface area contributed by atoms with Crippen LogP contribution in [0.15, 0.2) is 59.7 Å². The number of hydrogen-bond acceptors (Lipinski definition) is 5. The van der Waals surface area contributed by atoms with Gasteiger partial charge in [-0.25, -0.2) is 0 Å². The van der Waals surface area contributed by atoms with Crippen LogP contribution < -0.4 is 4.74 Å². The molecule has 2 aromatic carbocycles. The van der Waals surface area contributed by atoms with E-state index in [1.807, 2.05) is 12.1 Å². The molecule has 0 aliphatic heterocycles. The third kappa shape index (κ3) is 2.89. The molecule has 0 saturated carbocycles. The number of phenols is 1. The van der Waals surface area contributed by atoms with Gasteiger partial charge in [-0.05, 0) is 35.9 Å². The van der Waals surface area contributed by atoms with Crippen molar-refractivity contribution in [2.45, 2.75) is 0 Å². The molecule has 1 aromatic heterocycles. The lowest BCUT2D eigenvalue weighted by molar-refractivity contribution is 0.0502. The lowest BCUT2D eigenvalue weighted by Gasteiger charge is -2.13. The summed E-state index contributed by atoms with van der Waals surface area (Å²) in [6.07, 6.45) is 1.58. The number of hydrogen-bond donors (Lipinski definition) is 1. The van der Waals surface area contributed by atoms with Gasteiger partial charge in [0.05, 0.1) is 6.26 Å². The Morgan fingerprint density at radius 2 is 2.08 bits per heavy atom. The van der Waals surface area contributed by atoms with E-state index >= 15 is 0 Å². The Bertz CT molecular complexity index is 907. The van der Waals surface area contributed by atoms with Crippen LogP contribution in [-0.4, -0.2) is 24.8 Å². The van der Waals surface area contributed by atoms with Crippen LogP contribution in [0.4, 0.5) is 0 Å². The van der Waals surface area contributed by atoms with Crippen molar-refractivity contribution in [3.05, 3.63) is 66.4 Å². The first-order valence-electron chi connectivity index (χ1n) is 7.26. The van der Waals surface area contributed by atoms with E-state index in [9.17, 15) is 9.90 Å². The summed E-state index contributed by atoms with van der Waals surface area (Å²) in [6, 6.07) is 11.8. The Hall–Kier alpha value is -3.05. The van der Waals surface area contributed by atoms with Gasteiger partial charge in [-0.1, -0.05) is 18.7 Å². The Morgan fingerprint density at radius 1 is 1.25 bits per heavy atom. The van der Waals surface area contributed by atoms with Crippen LogP contribution in [0.25, 0.3) is 16.5 Å². The quantitative estimate of drug-likeness (QED) is 0.421. The van der Waals surface area contributed by atoms with E-state index in [1.54, 1.807) is 30.5 Å². The molecule has 0 fully saturated rings. The molecule has 1 N–H and O–H groups in total. The van der Waals surface area contributed by atoms with Gasteiger partial charge < -0.3 is 19.0 Å². The van der Waals surface area contributed by atoms with Crippen LogP contribution in [0, 0.1) is 0 Å². The van der Waals surface area contributed by atoms with Crippen molar-refractivity contribution in [2.24, 2.45) is 0 Å². The summed E-state index contributed by atoms with van der Waals surface area (Å²) in [6.45, 7) is 3.85. The van der Waals surface area contributed by atoms with Gasteiger partial charge in [0.25, 0.3) is 0 Å². The largest absolute Gasteiger partial charge is 0.507 e. The number of carbonyl (C=O) groups is 1. The van der Waals surface area contributed by atoms with Gasteiger partial charge in [-0.15, -0.1) is 0 Å². The van der Waals surface area contributed by atoms with Crippen LogP contribution in [0.2, 0.25) is 0 Å². The number of Topliss-reactive ketones (excluding diaryl/α,β-unsaturated/α-hetero) is 1. The first-order chi connectivity index (χ1) is 11.6. The maximum absolute atomic E-state index is 12.8. The summed E-state index contributed by atoms with van der Waals surface area (Å²) in [5.41, 5.74) is 1.69. The number of ketones is 1. The van der Waals surface area contributed by atoms with Gasteiger partial charge in [0.15, 0.2) is 6.79 Å². The number of aromatic hydroxyl groups is 1. The van der Waals surface area contributed by atoms with E-state index in [-0.39, 0.29) is 29.4 Å². The van der Waals surface area contributed by atoms with Gasteiger partial charge in [0, 0.05) is 18.1 Å². The van der Waals surface area contributed by atoms with E-state index in [2.05, 4.69) is 6.58 Å². The predicted octanol–water partition coefficient (Wildman–Crippen LogP) is 4.02. The summed E-state index contributed by atoms with van der Waals surface area (Å²) < 4.78 is 15.5. The average Bonchev–Trinajstić information content (AvgIpc) is 3.06. The van der Waals surface area contributed by atoms with Crippen LogP contribution in [0.3, 0.4) is 0 Å². The molecule has 5 heteroatoms. The molecule has 0 saturated heterocycles. The standard InChI is InChI=1S/C19H16O5/c1-12(13-6-7-16-14(10-13)8-9-23-16)19(21)18-15(20)4-3-5-17(18)24-11-22-2/h3-10,20H,1,11H2,2H3. The van der Waals surface area contributed by atoms with E-state index in [0.29, 0.717) is 5.56 Å². The molecule has 24 heavy (non-hydrogen) atoms. The average molecular weight is 324 g/mol. The highest BCUT2D eigenvalue weighted by Crippen LogP contribution is 2.32. The minimum atomic E-state index is -0.415. The van der Waals surface area contributed by atoms with Crippen molar-refractivity contribution in [3.8, 4) is 11.5 Å². The van der Waals surface area contributed by atoms with E-state index in [0.717, 1.165) is 11.0 Å². The third-order valence-electron chi connectivity index (χ3n) is 3.64. The van der Waals surface area contributed by atoms with Crippen LogP contribution in [-0.2, 0) is 4.74 Å². The molecule has 0 spiro atoms. The fourth-order valence-electron chi connectivity index (χ4n) is 2.43. The number of fused-ring (bicyclic) bond motifs is 1. The number of rotatable bonds is 6. The number of phenolic OH excluding ortho intramolecular Hbond substituents is 1. The molecule has 0 aliphatic carbocycles. The number of ether oxygens (including phenoxy) is 2. The maximum Gasteiger partial charge on any atom is 0.200 e. The first-order valence-corrected chi connectivity index (χ1v) is 7.26. The fraction of sp³-hybridized carbons (Fsp3) is 0.105. The van der Waals surface area contributed by atoms with Crippen molar-refractivity contribution in [1.29, 1.82) is 0 Å². The minimum Gasteiger partial charge on any atom is -0.507 e. The van der Waals surface area contributed by atoms with Crippen molar-refractivity contribution in [3.63, 3.8) is 0 Å². The molecular formula is C19H16O5. The molecule has 0 aliphatic rings. The monoisotopic (exact) mass is 324 g/mol. The summed E-state index contributed by atoms with van der Waals surface area (Å²) >= 11 is 0. The molecule has 0 bridgehead atoms. The van der Waals surface area contributed by atoms with Crippen LogP contribution in [0.5, 0.6) is 11.5 Å². The molecule has 1 heterocycles. The van der Waals surface area contributed by atoms with Crippen molar-refractivity contribution in [2.75, 3.05) is 13.9 Å². The topological polar surface area (TPSA) is 68.9 Å². The highest BCUT2D eigenvalue weighted by molar-refractivity contribution is 6.30. The van der Waals surface area contributed by atoms with E-state index < -0.39 is 5.78 Å². The van der Waals surface area contributed by atoms with Crippen LogP contribution >= 0.6 is 0 Å². The normalized spacial score (nSPS) is 10.7. The molecule has 122 valence electrons. The summed E-state index contributed by atoms with van der Waals surface area (Å²) in [5.74, 6) is -0.339. The Morgan fingerprint density at radius 3 is 2.88 bits per heavy atom. The maximum atomic E-state index is 12.8. The summed E-state index contributed by atoms with van der Waals surface area (Å²) in [7, 11) is 1.48. The molecule has 0 atom stereocenters. The van der Waals surface area contributed by atoms with Gasteiger partial charge >= 0.3 is 0 Å². The second-order valence-electron chi connectivity index (χ2n) is 5.18. The number of methoxy groups -OCH3 is 1. The molecule has 0 amide bonds. The minimum absolute atomic E-state index is 0.0306. The SMILES string of the molecule is C=C(C(=O)c1c(O)cccc1OCOC)c1ccc2occc2c1. The van der Waals surface area contributed by atoms with E-state index in [1.165, 1.54) is 13.2 Å². The number of benzene rings is 2. The van der Waals surface area contributed by atoms with Gasteiger partial charge in [0.2, 0.25) is 5.78 Å². The number of carbonyl (C=O) groups excluding carboxylic acids is 1. The zero-order valence-corrected chi connectivity index (χ0v) is 13.1. The first kappa shape index (κ1) is 15.8. The fourth-order valence-corrected chi connectivity index (χ4v) is 2.43. The second-order valence-corrected chi connectivity index (χ2v) is 5.18. The highest BCUT2D eigenvalue weighted by Gasteiger charge is 2.21. The molecule has 3 aromatic rings. The molecular weight excluding hydrogens is 308 g/mol. The molecule has 0 unspecified atom stereocenters. The van der Waals surface area contributed by atoms with Gasteiger partial charge in [-0.3, -0.25) is 4.79 Å². The van der Waals surface area contributed by atoms with Crippen molar-refractivity contribution >= 4 is 22.3 Å². The zero-order chi connectivity index (χ0) is 17.1. The number of allylic oxidation sites excluding steroid dienone is 1. The zero-order valence-electron chi connectivity index (χ0n) is 13.1. The second kappa shape index (κ2) is 6.60. The molecule has 5 nitrogen and oxygen atoms in total. The van der Waals surface area contributed by atoms with Crippen molar-refractivity contribution in [1.82, 2.24) is 0 Å². The Labute approximate surface area is 138 Å². The van der Waals surface area contributed by atoms with E-state index in [4.69, 9.17) is 13.9 Å². The molecule has 3 rings (SSSR count). The van der Waals surface area contributed by atoms with Crippen molar-refractivity contribution < 1.29 is 23.8 Å². The predicted molar refractivity (Wildman–Crippen MR) is 90.2 cm³/mol. The summed E-state index contributed by atoms with van der Waals surface area (Å²) in [5, 5.41) is 11.0. The summed E-state index contributed by atoms with van der Waals surface area (Å²) in [4.78, 5) is 12.8. The molecule has 0 radical (unpaired) electrons. The lowest BCUT2D eigenvalue weighted by atomic mass is 9.96. The van der Waals surface area contributed by atoms with Gasteiger partial charge in [-0.2, -0.15) is 0 Å². The highest BCUT2D eigenvalue weighted by atomic mass is 16.7. The third-order valence-corrected chi connectivity index (χ3v) is 3.64. The van der Waals surface area contributed by atoms with Crippen LogP contribution in [0.1, 0.15) is 15.9 Å². The Kier molecular flexibility index (Phi) is 4.35. The Balaban J connectivity index is 1.97. The number of furan rings is 1. The lowest BCUT2D eigenvalue weighted by Crippen LogP contribution is -2.08.